The molecule has 0 amide bonds. The van der Waals surface area contributed by atoms with Crippen LogP contribution in [0.3, 0.4) is 0 Å². The second-order valence-corrected chi connectivity index (χ2v) is 10.5. The van der Waals surface area contributed by atoms with Crippen molar-refractivity contribution in [3.63, 3.8) is 0 Å². The average Bonchev–Trinajstić information content (AvgIpc) is 3.31. The predicted octanol–water partition coefficient (Wildman–Crippen LogP) is 3.27. The van der Waals surface area contributed by atoms with Crippen LogP contribution in [0, 0.1) is 13.8 Å². The van der Waals surface area contributed by atoms with Gasteiger partial charge in [0.15, 0.2) is 11.6 Å². The minimum Gasteiger partial charge on any atom is -0.494 e. The molecule has 1 aromatic carbocycles. The van der Waals surface area contributed by atoms with Crippen molar-refractivity contribution in [2.75, 3.05) is 26.1 Å². The molecule has 13 heteroatoms. The van der Waals surface area contributed by atoms with Gasteiger partial charge in [-0.3, -0.25) is 9.29 Å². The average molecular weight is 540 g/mol. The van der Waals surface area contributed by atoms with Crippen molar-refractivity contribution in [1.29, 1.82) is 0 Å². The number of pyridine rings is 1. The third-order valence-corrected chi connectivity index (χ3v) is 7.56. The molecule has 3 heterocycles. The number of nitrogens with one attached hydrogen (secondary N) is 1. The van der Waals surface area contributed by atoms with Gasteiger partial charge < -0.3 is 14.2 Å². The molecule has 0 unspecified atom stereocenters. The second kappa shape index (κ2) is 11.1. The largest absolute Gasteiger partial charge is 0.494 e. The number of aryl methyl sites for hydroxylation is 2. The highest BCUT2D eigenvalue weighted by molar-refractivity contribution is 7.93. The van der Waals surface area contributed by atoms with Crippen LogP contribution in [0.5, 0.6) is 11.5 Å². The van der Waals surface area contributed by atoms with E-state index in [1.54, 1.807) is 36.7 Å². The molecule has 0 fully saturated rings. The first kappa shape index (κ1) is 26.9. The molecule has 4 aromatic rings. The van der Waals surface area contributed by atoms with E-state index < -0.39 is 21.4 Å². The minimum atomic E-state index is -4.11. The van der Waals surface area contributed by atoms with Crippen LogP contribution in [0.2, 0.25) is 0 Å². The van der Waals surface area contributed by atoms with E-state index in [-0.39, 0.29) is 17.6 Å². The molecular weight excluding hydrogens is 510 g/mol. The molecule has 0 spiro atoms. The van der Waals surface area contributed by atoms with Gasteiger partial charge in [0, 0.05) is 25.2 Å². The number of anilines is 1. The zero-order valence-electron chi connectivity index (χ0n) is 21.9. The second-order valence-electron chi connectivity index (χ2n) is 8.49. The smallest absolute Gasteiger partial charge is 0.243 e. The van der Waals surface area contributed by atoms with E-state index in [1.165, 1.54) is 32.8 Å². The monoisotopic (exact) mass is 539 g/mol. The molecule has 0 saturated heterocycles. The molecule has 0 aliphatic heterocycles. The van der Waals surface area contributed by atoms with E-state index in [1.807, 2.05) is 26.0 Å². The van der Waals surface area contributed by atoms with Crippen LogP contribution in [-0.4, -0.2) is 64.7 Å². The highest BCUT2D eigenvalue weighted by Gasteiger charge is 2.35. The number of hydrogen-bond acceptors (Lipinski definition) is 10. The van der Waals surface area contributed by atoms with Gasteiger partial charge in [0.2, 0.25) is 16.0 Å². The van der Waals surface area contributed by atoms with Gasteiger partial charge in [-0.15, -0.1) is 10.2 Å². The SMILES string of the molecule is COc1cccc(OC)c1-n1c(NS(=O)(=O)[C@@H](C)[C@H](OC)c2ncc(C)cn2)nnc1-c1cccc(C)n1. The van der Waals surface area contributed by atoms with E-state index in [4.69, 9.17) is 14.2 Å². The summed E-state index contributed by atoms with van der Waals surface area (Å²) < 4.78 is 48.0. The molecule has 4 rings (SSSR count). The van der Waals surface area contributed by atoms with Crippen molar-refractivity contribution in [2.45, 2.75) is 32.1 Å². The van der Waals surface area contributed by atoms with Gasteiger partial charge in [0.1, 0.15) is 34.2 Å². The molecule has 0 aliphatic carbocycles. The van der Waals surface area contributed by atoms with Crippen molar-refractivity contribution < 1.29 is 22.6 Å². The summed E-state index contributed by atoms with van der Waals surface area (Å²) in [6, 6.07) is 10.6. The number of benzene rings is 1. The number of sulfonamides is 1. The lowest BCUT2D eigenvalue weighted by molar-refractivity contribution is 0.0949. The van der Waals surface area contributed by atoms with Crippen LogP contribution in [0.1, 0.15) is 30.1 Å². The van der Waals surface area contributed by atoms with Crippen molar-refractivity contribution in [1.82, 2.24) is 29.7 Å². The third-order valence-electron chi connectivity index (χ3n) is 5.86. The number of ether oxygens (including phenoxy) is 3. The van der Waals surface area contributed by atoms with E-state index in [9.17, 15) is 8.42 Å². The van der Waals surface area contributed by atoms with Crippen molar-refractivity contribution in [3.8, 4) is 28.7 Å². The van der Waals surface area contributed by atoms with Gasteiger partial charge in [-0.1, -0.05) is 12.1 Å². The topological polar surface area (TPSA) is 143 Å². The summed E-state index contributed by atoms with van der Waals surface area (Å²) in [6.07, 6.45) is 2.27. The summed E-state index contributed by atoms with van der Waals surface area (Å²) in [5.41, 5.74) is 2.47. The van der Waals surface area contributed by atoms with E-state index >= 15 is 0 Å². The van der Waals surface area contributed by atoms with Gasteiger partial charge in [-0.25, -0.2) is 23.4 Å². The van der Waals surface area contributed by atoms with Gasteiger partial charge in [-0.05, 0) is 50.6 Å². The summed E-state index contributed by atoms with van der Waals surface area (Å²) in [7, 11) is 0.304. The molecule has 2 atom stereocenters. The Kier molecular flexibility index (Phi) is 7.88. The predicted molar refractivity (Wildman–Crippen MR) is 141 cm³/mol. The first-order valence-corrected chi connectivity index (χ1v) is 13.2. The fraction of sp³-hybridized carbons (Fsp3) is 0.320. The number of aromatic nitrogens is 6. The summed E-state index contributed by atoms with van der Waals surface area (Å²) in [5, 5.41) is 7.38. The minimum absolute atomic E-state index is 0.0855. The fourth-order valence-electron chi connectivity index (χ4n) is 3.89. The standard InChI is InChI=1S/C25H29N7O5S/c1-15-13-26-23(27-14-15)22(37-6)17(3)38(33,34)31-25-30-29-24(18-10-7-9-16(2)28-18)32(25)21-19(35-4)11-8-12-20(21)36-5/h7-14,17,22H,1-6H3,(H,30,31)/t17-,22-/m0/s1. The molecule has 3 aromatic heterocycles. The molecular formula is C25H29N7O5S. The van der Waals surface area contributed by atoms with Crippen LogP contribution >= 0.6 is 0 Å². The summed E-state index contributed by atoms with van der Waals surface area (Å²) in [4.78, 5) is 13.1. The zero-order valence-corrected chi connectivity index (χ0v) is 22.7. The molecule has 0 radical (unpaired) electrons. The van der Waals surface area contributed by atoms with E-state index in [0.717, 1.165) is 11.3 Å². The van der Waals surface area contributed by atoms with Crippen molar-refractivity contribution >= 4 is 16.0 Å². The molecule has 38 heavy (non-hydrogen) atoms. The van der Waals surface area contributed by atoms with Crippen LogP contribution in [-0.2, 0) is 14.8 Å². The van der Waals surface area contributed by atoms with Crippen LogP contribution < -0.4 is 14.2 Å². The lowest BCUT2D eigenvalue weighted by atomic mass is 10.2. The van der Waals surface area contributed by atoms with Crippen molar-refractivity contribution in [2.24, 2.45) is 0 Å². The van der Waals surface area contributed by atoms with Crippen molar-refractivity contribution in [3.05, 3.63) is 65.9 Å². The lowest BCUT2D eigenvalue weighted by Crippen LogP contribution is -2.33. The maximum absolute atomic E-state index is 13.6. The Labute approximate surface area is 221 Å². The maximum Gasteiger partial charge on any atom is 0.243 e. The highest BCUT2D eigenvalue weighted by atomic mass is 32.2. The number of para-hydroxylation sites is 1. The molecule has 0 saturated carbocycles. The summed E-state index contributed by atoms with van der Waals surface area (Å²) >= 11 is 0. The Morgan fingerprint density at radius 3 is 2.13 bits per heavy atom. The van der Waals surface area contributed by atoms with Gasteiger partial charge in [0.25, 0.3) is 0 Å². The van der Waals surface area contributed by atoms with Gasteiger partial charge >= 0.3 is 0 Å². The van der Waals surface area contributed by atoms with Gasteiger partial charge in [-0.2, -0.15) is 0 Å². The Hall–Kier alpha value is -4.10. The number of rotatable bonds is 10. The molecule has 1 N–H and O–H groups in total. The number of methoxy groups -OCH3 is 3. The lowest BCUT2D eigenvalue weighted by Gasteiger charge is -2.23. The quantitative estimate of drug-likeness (QED) is 0.319. The van der Waals surface area contributed by atoms with E-state index in [2.05, 4.69) is 29.9 Å². The normalized spacial score (nSPS) is 13.1. The Bertz CT molecular complexity index is 1500. The Morgan fingerprint density at radius 1 is 0.921 bits per heavy atom. The number of hydrogen-bond donors (Lipinski definition) is 1. The van der Waals surface area contributed by atoms with Gasteiger partial charge in [0.05, 0.1) is 14.2 Å². The molecule has 0 bridgehead atoms. The highest BCUT2D eigenvalue weighted by Crippen LogP contribution is 2.37. The van der Waals surface area contributed by atoms with Crippen LogP contribution in [0.25, 0.3) is 17.2 Å². The number of nitrogens with zero attached hydrogens (tertiary/aromatic N) is 6. The third kappa shape index (κ3) is 5.29. The Morgan fingerprint density at radius 2 is 1.55 bits per heavy atom. The zero-order chi connectivity index (χ0) is 27.4. The molecule has 12 nitrogen and oxygen atoms in total. The summed E-state index contributed by atoms with van der Waals surface area (Å²) in [6.45, 7) is 5.19. The maximum atomic E-state index is 13.6. The fourth-order valence-corrected chi connectivity index (χ4v) is 5.02. The first-order chi connectivity index (χ1) is 18.2. The molecule has 200 valence electrons. The van der Waals surface area contributed by atoms with E-state index in [0.29, 0.717) is 22.9 Å². The van der Waals surface area contributed by atoms with Crippen LogP contribution in [0.15, 0.2) is 48.8 Å². The summed E-state index contributed by atoms with van der Waals surface area (Å²) in [5.74, 6) is 1.27. The molecule has 0 aliphatic rings. The first-order valence-electron chi connectivity index (χ1n) is 11.6. The Balaban J connectivity index is 1.84. The van der Waals surface area contributed by atoms with Crippen LogP contribution in [0.4, 0.5) is 5.95 Å².